The first-order chi connectivity index (χ1) is 2.77. The molecule has 0 heterocycles. The Morgan fingerprint density at radius 2 is 2.50 bits per heavy atom. The first-order valence-electron chi connectivity index (χ1n) is 1.23. The van der Waals surface area contributed by atoms with E-state index in [2.05, 4.69) is 9.43 Å². The summed E-state index contributed by atoms with van der Waals surface area (Å²) >= 11 is 0. The number of rotatable bonds is 0. The lowest BCUT2D eigenvalue weighted by atomic mass is 11.9. The molecule has 3 nitrogen and oxygen atoms in total. The fourth-order valence-electron chi connectivity index (χ4n) is 0.0576. The van der Waals surface area contributed by atoms with Crippen LogP contribution in [-0.2, 0) is 10.5 Å². The van der Waals surface area contributed by atoms with Crippen LogP contribution in [0.1, 0.15) is 0 Å². The fourth-order valence-corrected chi connectivity index (χ4v) is 0.173. The molecule has 0 N–H and O–H groups in total. The van der Waals surface area contributed by atoms with Gasteiger partial charge in [-0.3, -0.25) is 0 Å². The monoisotopic (exact) mass is 102 g/mol. The SMILES string of the molecule is C#[S-](C)N=[N+]=[N-]. The average Bonchev–Trinajstić information content (AvgIpc) is 1.35. The zero-order valence-electron chi connectivity index (χ0n) is 3.33. The molecular weight excluding hydrogens is 98.1 g/mol. The van der Waals surface area contributed by atoms with Crippen molar-refractivity contribution >= 4 is 10.5 Å². The van der Waals surface area contributed by atoms with Gasteiger partial charge in [0.1, 0.15) is 0 Å². The standard InChI is InChI=1S/C2H4N3S/c1-6(2)5-4-3/h1H,2H3/q-1. The van der Waals surface area contributed by atoms with E-state index in [9.17, 15) is 0 Å². The molecule has 0 rings (SSSR count). The molecule has 0 amide bonds. The highest BCUT2D eigenvalue weighted by atomic mass is 32.2. The molecule has 0 aliphatic heterocycles. The lowest BCUT2D eigenvalue weighted by Crippen LogP contribution is -1.60. The van der Waals surface area contributed by atoms with E-state index in [4.69, 9.17) is 11.2 Å². The summed E-state index contributed by atoms with van der Waals surface area (Å²) in [5.74, 6) is 0. The smallest absolute Gasteiger partial charge is 0.00542 e. The van der Waals surface area contributed by atoms with E-state index in [0.29, 0.717) is 0 Å². The molecular formula is C2H4N3S-. The third-order valence-corrected chi connectivity index (χ3v) is 0.496. The molecule has 0 aromatic rings. The van der Waals surface area contributed by atoms with Crippen molar-refractivity contribution in [1.82, 2.24) is 0 Å². The Bertz CT molecular complexity index is 135. The molecule has 0 fully saturated rings. The van der Waals surface area contributed by atoms with E-state index >= 15 is 0 Å². The van der Waals surface area contributed by atoms with E-state index in [1.807, 2.05) is 0 Å². The number of hydrogen-bond acceptors (Lipinski definition) is 2. The summed E-state index contributed by atoms with van der Waals surface area (Å²) in [6.45, 7) is 0. The van der Waals surface area contributed by atoms with E-state index < -0.39 is 10.5 Å². The summed E-state index contributed by atoms with van der Waals surface area (Å²) in [6.07, 6.45) is 1.64. The summed E-state index contributed by atoms with van der Waals surface area (Å²) in [5, 5.41) is 0. The average molecular weight is 102 g/mol. The van der Waals surface area contributed by atoms with Crippen molar-refractivity contribution in [1.29, 1.82) is 0 Å². The minimum atomic E-state index is -0.607. The number of hydrogen-bond donors (Lipinski definition) is 0. The first-order valence-corrected chi connectivity index (χ1v) is 2.88. The summed E-state index contributed by atoms with van der Waals surface area (Å²) in [5.41, 5.74) is 12.6. The van der Waals surface area contributed by atoms with Crippen LogP contribution in [0.15, 0.2) is 4.52 Å². The van der Waals surface area contributed by atoms with Crippen LogP contribution < -0.4 is 0 Å². The van der Waals surface area contributed by atoms with E-state index in [0.717, 1.165) is 0 Å². The Morgan fingerprint density at radius 3 is 2.50 bits per heavy atom. The molecule has 0 aromatic carbocycles. The molecule has 34 valence electrons. The van der Waals surface area contributed by atoms with Gasteiger partial charge in [-0.15, -0.1) is 6.26 Å². The van der Waals surface area contributed by atoms with Crippen molar-refractivity contribution in [2.75, 3.05) is 6.26 Å². The van der Waals surface area contributed by atoms with Gasteiger partial charge < -0.3 is 16.2 Å². The van der Waals surface area contributed by atoms with Gasteiger partial charge >= 0.3 is 0 Å². The Morgan fingerprint density at radius 1 is 2.00 bits per heavy atom. The largest absolute Gasteiger partial charge is 0.388 e. The topological polar surface area (TPSA) is 48.8 Å². The second-order valence-electron chi connectivity index (χ2n) is 0.695. The normalized spacial score (nSPS) is 7.50. The van der Waals surface area contributed by atoms with Crippen LogP contribution in [0.5, 0.6) is 0 Å². The molecule has 0 aromatic heterocycles. The van der Waals surface area contributed by atoms with Crippen molar-refractivity contribution in [3.63, 3.8) is 0 Å². The molecule has 0 spiro atoms. The van der Waals surface area contributed by atoms with E-state index in [1.54, 1.807) is 6.26 Å². The Hall–Kier alpha value is -0.560. The highest BCUT2D eigenvalue weighted by molar-refractivity contribution is 7.84. The molecule has 0 unspecified atom stereocenters. The molecule has 0 bridgehead atoms. The van der Waals surface area contributed by atoms with Crippen LogP contribution in [0.3, 0.4) is 0 Å². The highest BCUT2D eigenvalue weighted by Gasteiger charge is 1.38. The molecule has 0 saturated carbocycles. The predicted octanol–water partition coefficient (Wildman–Crippen LogP) is 1.05. The van der Waals surface area contributed by atoms with Gasteiger partial charge in [0, 0.05) is 0 Å². The third-order valence-electron chi connectivity index (χ3n) is 0.165. The predicted molar refractivity (Wildman–Crippen MR) is 27.4 cm³/mol. The number of nitrogens with zero attached hydrogens (tertiary/aromatic N) is 3. The zero-order valence-corrected chi connectivity index (χ0v) is 4.14. The third kappa shape index (κ3) is 3.44. The Labute approximate surface area is 38.3 Å². The van der Waals surface area contributed by atoms with Gasteiger partial charge in [0.05, 0.1) is 0 Å². The highest BCUT2D eigenvalue weighted by Crippen LogP contribution is 1.69. The maximum absolute atomic E-state index is 7.62. The molecule has 0 radical (unpaired) electrons. The van der Waals surface area contributed by atoms with Gasteiger partial charge in [0.15, 0.2) is 0 Å². The summed E-state index contributed by atoms with van der Waals surface area (Å²) in [6, 6.07) is 0. The van der Waals surface area contributed by atoms with Crippen molar-refractivity contribution in [3.05, 3.63) is 10.4 Å². The molecule has 4 heteroatoms. The molecule has 6 heavy (non-hydrogen) atoms. The van der Waals surface area contributed by atoms with Crippen LogP contribution in [0, 0.1) is 5.69 Å². The van der Waals surface area contributed by atoms with Crippen LogP contribution in [0.4, 0.5) is 0 Å². The first kappa shape index (κ1) is 5.44. The lowest BCUT2D eigenvalue weighted by Gasteiger charge is -1.89. The van der Waals surface area contributed by atoms with Gasteiger partial charge in [-0.05, 0) is 10.4 Å². The second kappa shape index (κ2) is 2.67. The van der Waals surface area contributed by atoms with Crippen LogP contribution >= 0.6 is 0 Å². The van der Waals surface area contributed by atoms with Crippen molar-refractivity contribution < 1.29 is 0 Å². The molecule has 0 saturated heterocycles. The van der Waals surface area contributed by atoms with Crippen molar-refractivity contribution in [2.45, 2.75) is 0 Å². The quantitative estimate of drug-likeness (QED) is 0.190. The maximum Gasteiger partial charge on any atom is -0.00542 e. The van der Waals surface area contributed by atoms with Gasteiger partial charge in [0.25, 0.3) is 0 Å². The van der Waals surface area contributed by atoms with E-state index in [1.165, 1.54) is 0 Å². The summed E-state index contributed by atoms with van der Waals surface area (Å²) < 4.78 is 3.11. The van der Waals surface area contributed by atoms with Gasteiger partial charge in [-0.25, -0.2) is 4.52 Å². The Kier molecular flexibility index (Phi) is 2.42. The summed E-state index contributed by atoms with van der Waals surface area (Å²) in [7, 11) is -0.607. The van der Waals surface area contributed by atoms with Crippen LogP contribution in [0.25, 0.3) is 10.4 Å². The molecule has 0 atom stereocenters. The Balaban J connectivity index is 3.73. The maximum atomic E-state index is 7.62. The number of azide groups is 1. The van der Waals surface area contributed by atoms with Crippen LogP contribution in [0.2, 0.25) is 0 Å². The minimum absolute atomic E-state index is 0.607. The molecule has 0 aliphatic carbocycles. The minimum Gasteiger partial charge on any atom is -0.388 e. The van der Waals surface area contributed by atoms with Gasteiger partial charge in [0.2, 0.25) is 0 Å². The molecule has 0 aliphatic rings. The lowest BCUT2D eigenvalue weighted by molar-refractivity contribution is 1.80. The van der Waals surface area contributed by atoms with Crippen LogP contribution in [-0.4, -0.2) is 6.26 Å². The zero-order chi connectivity index (χ0) is 4.99. The van der Waals surface area contributed by atoms with E-state index in [-0.39, 0.29) is 0 Å². The summed E-state index contributed by atoms with van der Waals surface area (Å²) in [4.78, 5) is 2.45. The van der Waals surface area contributed by atoms with Crippen molar-refractivity contribution in [3.8, 4) is 5.69 Å². The van der Waals surface area contributed by atoms with Gasteiger partial charge in [-0.2, -0.15) is 0 Å². The fraction of sp³-hybridized carbons (Fsp3) is 0.500. The second-order valence-corrected chi connectivity index (χ2v) is 1.91. The van der Waals surface area contributed by atoms with Gasteiger partial charge in [-0.1, -0.05) is 0 Å². The van der Waals surface area contributed by atoms with Crippen molar-refractivity contribution in [2.24, 2.45) is 4.52 Å².